The van der Waals surface area contributed by atoms with Crippen molar-refractivity contribution in [3.63, 3.8) is 0 Å². The maximum Gasteiger partial charge on any atom is 0.187 e. The van der Waals surface area contributed by atoms with Gasteiger partial charge in [0.25, 0.3) is 0 Å². The molecule has 13 atom stereocenters. The minimum Gasteiger partial charge on any atom is -0.394 e. The van der Waals surface area contributed by atoms with E-state index in [0.29, 0.717) is 24.8 Å². The minimum atomic E-state index is -1.97. The second-order valence-corrected chi connectivity index (χ2v) is 12.5. The van der Waals surface area contributed by atoms with Gasteiger partial charge in [0.2, 0.25) is 0 Å². The van der Waals surface area contributed by atoms with E-state index >= 15 is 4.39 Å². The number of aliphatic hydroxyl groups excluding tert-OH is 5. The van der Waals surface area contributed by atoms with Crippen LogP contribution in [0.5, 0.6) is 0 Å². The Morgan fingerprint density at radius 3 is 2.55 bits per heavy atom. The van der Waals surface area contributed by atoms with E-state index in [9.17, 15) is 35.1 Å². The monoisotopic (exact) mass is 538 g/mol. The van der Waals surface area contributed by atoms with E-state index in [-0.39, 0.29) is 29.8 Å². The summed E-state index contributed by atoms with van der Waals surface area (Å²) in [6, 6.07) is 0. The van der Waals surface area contributed by atoms with Crippen LogP contribution in [0, 0.1) is 34.5 Å². The van der Waals surface area contributed by atoms with Gasteiger partial charge in [-0.15, -0.1) is 0 Å². The van der Waals surface area contributed by atoms with Gasteiger partial charge in [0.1, 0.15) is 31.0 Å². The molecule has 4 aliphatic carbocycles. The van der Waals surface area contributed by atoms with Gasteiger partial charge >= 0.3 is 0 Å². The summed E-state index contributed by atoms with van der Waals surface area (Å²) in [6.07, 6.45) is -2.47. The molecule has 0 aromatic rings. The van der Waals surface area contributed by atoms with Gasteiger partial charge < -0.3 is 35.0 Å². The third kappa shape index (κ3) is 3.83. The van der Waals surface area contributed by atoms with Gasteiger partial charge in [-0.1, -0.05) is 25.5 Å². The fourth-order valence-corrected chi connectivity index (χ4v) is 8.72. The standard InChI is InChI=1S/C28H39FO9/c1-13-8-17-16-5-4-14-9-15(31)6-7-27(14,3)28(16,29)20(33)10-26(17,2)21(13)18(32)12-37-25-24(36)23(35)22(34)19(11-30)38-25/h6-7,9,13,16-17,19-25,30,33-36H,4-5,8,10-12H2,1-3H3/t13?,16-,17-,19+,20?,21+,22-,23-,24+,25+,26-,27-,28-/m0/s1. The van der Waals surface area contributed by atoms with Gasteiger partial charge in [-0.25, -0.2) is 4.39 Å². The average Bonchev–Trinajstić information content (AvgIpc) is 3.13. The second kappa shape index (κ2) is 9.54. The van der Waals surface area contributed by atoms with E-state index in [1.54, 1.807) is 13.0 Å². The number of rotatable bonds is 5. The van der Waals surface area contributed by atoms with Crippen LogP contribution in [0.15, 0.2) is 23.8 Å². The third-order valence-electron chi connectivity index (χ3n) is 10.6. The highest BCUT2D eigenvalue weighted by Gasteiger charge is 2.71. The molecule has 0 radical (unpaired) electrons. The number of ether oxygens (including phenoxy) is 2. The number of ketones is 2. The highest BCUT2D eigenvalue weighted by atomic mass is 19.1. The number of hydrogen-bond acceptors (Lipinski definition) is 9. The summed E-state index contributed by atoms with van der Waals surface area (Å²) in [6.45, 7) is 4.59. The molecular formula is C28H39FO9. The first-order valence-electron chi connectivity index (χ1n) is 13.6. The van der Waals surface area contributed by atoms with Crippen molar-refractivity contribution in [2.45, 2.75) is 88.9 Å². The zero-order valence-electron chi connectivity index (χ0n) is 22.0. The van der Waals surface area contributed by atoms with E-state index in [1.807, 2.05) is 13.8 Å². The zero-order valence-corrected chi connectivity index (χ0v) is 22.0. The molecule has 0 bridgehead atoms. The lowest BCUT2D eigenvalue weighted by atomic mass is 9.45. The Hall–Kier alpha value is -1.53. The van der Waals surface area contributed by atoms with Crippen molar-refractivity contribution in [1.82, 2.24) is 0 Å². The number of Topliss-reactive ketones (excluding diaryl/α,β-unsaturated/α-hetero) is 1. The first-order valence-corrected chi connectivity index (χ1v) is 13.6. The van der Waals surface area contributed by atoms with Gasteiger partial charge in [0, 0.05) is 17.3 Å². The molecule has 5 rings (SSSR count). The Morgan fingerprint density at radius 1 is 1.16 bits per heavy atom. The Labute approximate surface area is 221 Å². The smallest absolute Gasteiger partial charge is 0.187 e. The molecule has 1 saturated heterocycles. The van der Waals surface area contributed by atoms with Crippen molar-refractivity contribution < 1.29 is 49.0 Å². The molecule has 0 aromatic heterocycles. The lowest BCUT2D eigenvalue weighted by Crippen LogP contribution is -2.66. The van der Waals surface area contributed by atoms with Crippen LogP contribution in [-0.4, -0.2) is 92.8 Å². The molecule has 1 aliphatic heterocycles. The third-order valence-corrected chi connectivity index (χ3v) is 10.6. The van der Waals surface area contributed by atoms with Crippen LogP contribution in [0.3, 0.4) is 0 Å². The molecule has 0 aromatic carbocycles. The number of carbonyl (C=O) groups excluding carboxylic acids is 2. The SMILES string of the molecule is CC1C[C@H]2[C@@H]3CCC4=CC(=O)C=C[C@]4(C)[C@@]3(F)C(O)C[C@]2(C)[C@H]1C(=O)CO[C@@H]1O[C@H](CO)[C@H](O)[C@H](O)[C@H]1O. The van der Waals surface area contributed by atoms with Gasteiger partial charge in [0.15, 0.2) is 23.5 Å². The molecular weight excluding hydrogens is 499 g/mol. The molecule has 38 heavy (non-hydrogen) atoms. The number of allylic oxidation sites excluding steroid dienone is 4. The number of aliphatic hydroxyl groups is 5. The highest BCUT2D eigenvalue weighted by molar-refractivity contribution is 6.01. The van der Waals surface area contributed by atoms with Crippen molar-refractivity contribution in [2.75, 3.05) is 13.2 Å². The molecule has 5 aliphatic rings. The van der Waals surface area contributed by atoms with E-state index in [0.717, 1.165) is 0 Å². The summed E-state index contributed by atoms with van der Waals surface area (Å²) in [5.74, 6) is -1.76. The van der Waals surface area contributed by atoms with Gasteiger partial charge in [-0.05, 0) is 62.0 Å². The highest BCUT2D eigenvalue weighted by Crippen LogP contribution is 2.69. The summed E-state index contributed by atoms with van der Waals surface area (Å²) in [7, 11) is 0. The van der Waals surface area contributed by atoms with Crippen molar-refractivity contribution >= 4 is 11.6 Å². The quantitative estimate of drug-likeness (QED) is 0.339. The maximum atomic E-state index is 17.2. The summed E-state index contributed by atoms with van der Waals surface area (Å²) in [4.78, 5) is 25.6. The van der Waals surface area contributed by atoms with Gasteiger partial charge in [-0.3, -0.25) is 9.59 Å². The van der Waals surface area contributed by atoms with Crippen molar-refractivity contribution in [3.8, 4) is 0 Å². The Balaban J connectivity index is 1.36. The lowest BCUT2D eigenvalue weighted by Gasteiger charge is -2.62. The maximum absolute atomic E-state index is 17.2. The molecule has 9 nitrogen and oxygen atoms in total. The molecule has 10 heteroatoms. The first-order chi connectivity index (χ1) is 17.8. The molecule has 0 amide bonds. The Kier molecular flexibility index (Phi) is 7.03. The van der Waals surface area contributed by atoms with Crippen LogP contribution in [0.2, 0.25) is 0 Å². The molecule has 2 unspecified atom stereocenters. The fraction of sp³-hybridized carbons (Fsp3) is 0.786. The topological polar surface area (TPSA) is 154 Å². The van der Waals surface area contributed by atoms with Crippen molar-refractivity contribution in [1.29, 1.82) is 0 Å². The molecule has 1 heterocycles. The molecule has 5 N–H and O–H groups in total. The van der Waals surface area contributed by atoms with Crippen LogP contribution in [0.4, 0.5) is 4.39 Å². The largest absolute Gasteiger partial charge is 0.394 e. The normalized spacial score (nSPS) is 52.1. The Morgan fingerprint density at radius 2 is 1.87 bits per heavy atom. The van der Waals surface area contributed by atoms with Crippen molar-refractivity contribution in [2.24, 2.45) is 34.5 Å². The Bertz CT molecular complexity index is 1040. The average molecular weight is 539 g/mol. The first kappa shape index (κ1) is 28.0. The van der Waals surface area contributed by atoms with Gasteiger partial charge in [0.05, 0.1) is 12.7 Å². The fourth-order valence-electron chi connectivity index (χ4n) is 8.72. The molecule has 212 valence electrons. The summed E-state index contributed by atoms with van der Waals surface area (Å²) in [5, 5.41) is 51.1. The second-order valence-electron chi connectivity index (χ2n) is 12.5. The predicted molar refractivity (Wildman–Crippen MR) is 131 cm³/mol. The number of hydrogen-bond donors (Lipinski definition) is 5. The summed E-state index contributed by atoms with van der Waals surface area (Å²) in [5.41, 5.74) is -3.05. The van der Waals surface area contributed by atoms with E-state index < -0.39 is 78.4 Å². The summed E-state index contributed by atoms with van der Waals surface area (Å²) >= 11 is 0. The van der Waals surface area contributed by atoms with Crippen molar-refractivity contribution in [3.05, 3.63) is 23.8 Å². The number of alkyl halides is 1. The molecule has 3 saturated carbocycles. The van der Waals surface area contributed by atoms with Crippen LogP contribution in [-0.2, 0) is 19.1 Å². The zero-order chi connectivity index (χ0) is 27.8. The van der Waals surface area contributed by atoms with E-state index in [4.69, 9.17) is 9.47 Å². The molecule has 0 spiro atoms. The minimum absolute atomic E-state index is 0.0795. The number of carbonyl (C=O) groups is 2. The van der Waals surface area contributed by atoms with Gasteiger partial charge in [-0.2, -0.15) is 0 Å². The van der Waals surface area contributed by atoms with Crippen LogP contribution in [0.1, 0.15) is 46.5 Å². The number of fused-ring (bicyclic) bond motifs is 5. The van der Waals surface area contributed by atoms with Crippen LogP contribution >= 0.6 is 0 Å². The lowest BCUT2D eigenvalue weighted by molar-refractivity contribution is -0.299. The van der Waals surface area contributed by atoms with Crippen LogP contribution < -0.4 is 0 Å². The van der Waals surface area contributed by atoms with E-state index in [2.05, 4.69) is 0 Å². The summed E-state index contributed by atoms with van der Waals surface area (Å²) < 4.78 is 28.1. The van der Waals surface area contributed by atoms with Crippen LogP contribution in [0.25, 0.3) is 0 Å². The van der Waals surface area contributed by atoms with E-state index in [1.165, 1.54) is 12.2 Å². The predicted octanol–water partition coefficient (Wildman–Crippen LogP) is 0.605. The molecule has 4 fully saturated rings. The number of halogens is 1.